The maximum atomic E-state index is 11.4. The van der Waals surface area contributed by atoms with Gasteiger partial charge in [-0.05, 0) is 12.3 Å². The lowest BCUT2D eigenvalue weighted by Crippen LogP contribution is -2.19. The van der Waals surface area contributed by atoms with Crippen molar-refractivity contribution in [2.24, 2.45) is 11.7 Å². The van der Waals surface area contributed by atoms with Gasteiger partial charge in [0.25, 0.3) is 0 Å². The number of sulfone groups is 1. The van der Waals surface area contributed by atoms with Gasteiger partial charge < -0.3 is 10.3 Å². The highest BCUT2D eigenvalue weighted by Gasteiger charge is 2.33. The van der Waals surface area contributed by atoms with Gasteiger partial charge in [0.1, 0.15) is 0 Å². The molecule has 6 nitrogen and oxygen atoms in total. The molecular weight excluding hydrogens is 254 g/mol. The van der Waals surface area contributed by atoms with Crippen LogP contribution in [0.1, 0.15) is 50.4 Å². The summed E-state index contributed by atoms with van der Waals surface area (Å²) in [7, 11) is -2.93. The maximum absolute atomic E-state index is 11.4. The molecule has 0 aromatic carbocycles. The number of aromatic nitrogens is 2. The number of nitrogens with zero attached hydrogens (tertiary/aromatic N) is 2. The largest absolute Gasteiger partial charge is 0.338 e. The lowest BCUT2D eigenvalue weighted by Gasteiger charge is -2.13. The molecule has 0 amide bonds. The summed E-state index contributed by atoms with van der Waals surface area (Å²) in [5.41, 5.74) is 6.00. The van der Waals surface area contributed by atoms with Crippen LogP contribution in [0.2, 0.25) is 0 Å². The molecule has 7 heteroatoms. The summed E-state index contributed by atoms with van der Waals surface area (Å²) in [6, 6.07) is -0.283. The van der Waals surface area contributed by atoms with Gasteiger partial charge in [0, 0.05) is 5.92 Å². The third-order valence-electron chi connectivity index (χ3n) is 3.60. The SMILES string of the molecule is CCC(C)[C@H](N)c1nc(C2CCS(=O)(=O)C2)no1. The molecule has 0 bridgehead atoms. The van der Waals surface area contributed by atoms with Crippen LogP contribution in [0.15, 0.2) is 4.52 Å². The van der Waals surface area contributed by atoms with E-state index < -0.39 is 9.84 Å². The number of nitrogens with two attached hydrogens (primary N) is 1. The first-order valence-corrected chi connectivity index (χ1v) is 8.04. The van der Waals surface area contributed by atoms with Crippen LogP contribution < -0.4 is 5.73 Å². The van der Waals surface area contributed by atoms with Crippen molar-refractivity contribution in [1.29, 1.82) is 0 Å². The Labute approximate surface area is 107 Å². The van der Waals surface area contributed by atoms with Gasteiger partial charge in [-0.15, -0.1) is 0 Å². The molecule has 2 unspecified atom stereocenters. The summed E-state index contributed by atoms with van der Waals surface area (Å²) in [6.07, 6.45) is 1.50. The van der Waals surface area contributed by atoms with Crippen LogP contribution in [0.25, 0.3) is 0 Å². The molecule has 2 heterocycles. The molecule has 1 aromatic heterocycles. The predicted molar refractivity (Wildman–Crippen MR) is 66.7 cm³/mol. The van der Waals surface area contributed by atoms with E-state index >= 15 is 0 Å². The molecule has 0 saturated carbocycles. The first-order chi connectivity index (χ1) is 8.43. The van der Waals surface area contributed by atoms with E-state index in [-0.39, 0.29) is 29.4 Å². The van der Waals surface area contributed by atoms with Crippen LogP contribution in [0, 0.1) is 5.92 Å². The molecule has 1 aliphatic heterocycles. The molecule has 1 aromatic rings. The van der Waals surface area contributed by atoms with Crippen LogP contribution in [-0.2, 0) is 9.84 Å². The minimum atomic E-state index is -2.93. The first kappa shape index (κ1) is 13.5. The summed E-state index contributed by atoms with van der Waals surface area (Å²) in [6.45, 7) is 4.07. The van der Waals surface area contributed by atoms with Crippen LogP contribution in [-0.4, -0.2) is 30.1 Å². The molecule has 102 valence electrons. The highest BCUT2D eigenvalue weighted by Crippen LogP contribution is 2.28. The zero-order valence-electron chi connectivity index (χ0n) is 10.7. The Hall–Kier alpha value is -0.950. The molecule has 0 aliphatic carbocycles. The topological polar surface area (TPSA) is 99.1 Å². The van der Waals surface area contributed by atoms with Gasteiger partial charge in [0.2, 0.25) is 5.89 Å². The van der Waals surface area contributed by atoms with Crippen molar-refractivity contribution in [1.82, 2.24) is 10.1 Å². The normalized spacial score (nSPS) is 26.1. The second kappa shape index (κ2) is 4.97. The lowest BCUT2D eigenvalue weighted by molar-refractivity contribution is 0.309. The van der Waals surface area contributed by atoms with Gasteiger partial charge >= 0.3 is 0 Å². The van der Waals surface area contributed by atoms with E-state index in [1.165, 1.54) is 0 Å². The van der Waals surface area contributed by atoms with Gasteiger partial charge in [0.15, 0.2) is 15.7 Å². The van der Waals surface area contributed by atoms with Crippen LogP contribution in [0.3, 0.4) is 0 Å². The fraction of sp³-hybridized carbons (Fsp3) is 0.818. The Morgan fingerprint density at radius 2 is 2.28 bits per heavy atom. The molecule has 3 atom stereocenters. The fourth-order valence-corrected chi connectivity index (χ4v) is 3.78. The van der Waals surface area contributed by atoms with Gasteiger partial charge in [-0.25, -0.2) is 8.42 Å². The first-order valence-electron chi connectivity index (χ1n) is 6.22. The average Bonchev–Trinajstić information content (AvgIpc) is 2.93. The van der Waals surface area contributed by atoms with Crippen molar-refractivity contribution in [3.05, 3.63) is 11.7 Å². The van der Waals surface area contributed by atoms with Gasteiger partial charge in [-0.2, -0.15) is 4.98 Å². The van der Waals surface area contributed by atoms with Gasteiger partial charge in [0.05, 0.1) is 17.5 Å². The lowest BCUT2D eigenvalue weighted by atomic mass is 10.0. The van der Waals surface area contributed by atoms with E-state index in [9.17, 15) is 8.42 Å². The van der Waals surface area contributed by atoms with Crippen LogP contribution in [0.5, 0.6) is 0 Å². The van der Waals surface area contributed by atoms with Crippen LogP contribution >= 0.6 is 0 Å². The molecule has 1 saturated heterocycles. The van der Waals surface area contributed by atoms with Gasteiger partial charge in [-0.1, -0.05) is 25.4 Å². The van der Waals surface area contributed by atoms with Crippen molar-refractivity contribution in [3.63, 3.8) is 0 Å². The van der Waals surface area contributed by atoms with E-state index in [0.717, 1.165) is 6.42 Å². The average molecular weight is 273 g/mol. The molecule has 0 spiro atoms. The monoisotopic (exact) mass is 273 g/mol. The number of hydrogen-bond donors (Lipinski definition) is 1. The quantitative estimate of drug-likeness (QED) is 0.879. The van der Waals surface area contributed by atoms with Crippen molar-refractivity contribution < 1.29 is 12.9 Å². The highest BCUT2D eigenvalue weighted by atomic mass is 32.2. The molecule has 1 fully saturated rings. The van der Waals surface area contributed by atoms with E-state index in [1.54, 1.807) is 0 Å². The van der Waals surface area contributed by atoms with E-state index in [1.807, 2.05) is 13.8 Å². The summed E-state index contributed by atoms with van der Waals surface area (Å²) < 4.78 is 27.9. The number of rotatable bonds is 4. The van der Waals surface area contributed by atoms with Gasteiger partial charge in [-0.3, -0.25) is 0 Å². The third-order valence-corrected chi connectivity index (χ3v) is 5.37. The van der Waals surface area contributed by atoms with E-state index in [4.69, 9.17) is 10.3 Å². The Morgan fingerprint density at radius 1 is 1.56 bits per heavy atom. The Morgan fingerprint density at radius 3 is 2.83 bits per heavy atom. The Kier molecular flexibility index (Phi) is 3.72. The molecular formula is C11H19N3O3S. The minimum Gasteiger partial charge on any atom is -0.338 e. The fourth-order valence-electron chi connectivity index (χ4n) is 2.04. The summed E-state index contributed by atoms with van der Waals surface area (Å²) in [5, 5.41) is 3.87. The van der Waals surface area contributed by atoms with Crippen molar-refractivity contribution >= 4 is 9.84 Å². The molecule has 0 radical (unpaired) electrons. The summed E-state index contributed by atoms with van der Waals surface area (Å²) >= 11 is 0. The molecule has 2 rings (SSSR count). The highest BCUT2D eigenvalue weighted by molar-refractivity contribution is 7.91. The van der Waals surface area contributed by atoms with E-state index in [2.05, 4.69) is 10.1 Å². The standard InChI is InChI=1S/C11H19N3O3S/c1-3-7(2)9(12)11-13-10(14-17-11)8-4-5-18(15,16)6-8/h7-9H,3-6,12H2,1-2H3/t7?,8?,9-/m0/s1. The zero-order chi connectivity index (χ0) is 13.3. The van der Waals surface area contributed by atoms with E-state index in [0.29, 0.717) is 18.1 Å². The van der Waals surface area contributed by atoms with Crippen molar-refractivity contribution in [3.8, 4) is 0 Å². The zero-order valence-corrected chi connectivity index (χ0v) is 11.5. The Bertz CT molecular complexity index is 511. The molecule has 2 N–H and O–H groups in total. The van der Waals surface area contributed by atoms with Crippen molar-refractivity contribution in [2.75, 3.05) is 11.5 Å². The molecule has 18 heavy (non-hydrogen) atoms. The number of hydrogen-bond acceptors (Lipinski definition) is 6. The van der Waals surface area contributed by atoms with Crippen LogP contribution in [0.4, 0.5) is 0 Å². The Balaban J connectivity index is 2.11. The predicted octanol–water partition coefficient (Wildman–Crippen LogP) is 1.02. The maximum Gasteiger partial charge on any atom is 0.243 e. The second-order valence-corrected chi connectivity index (χ2v) is 7.23. The molecule has 1 aliphatic rings. The summed E-state index contributed by atoms with van der Waals surface area (Å²) in [4.78, 5) is 4.26. The second-order valence-electron chi connectivity index (χ2n) is 5.00. The third kappa shape index (κ3) is 2.72. The smallest absolute Gasteiger partial charge is 0.243 e. The minimum absolute atomic E-state index is 0.116. The van der Waals surface area contributed by atoms with Crippen molar-refractivity contribution in [2.45, 2.75) is 38.6 Å². The summed E-state index contributed by atoms with van der Waals surface area (Å²) in [5.74, 6) is 1.32.